The molecule has 28 heavy (non-hydrogen) atoms. The molecule has 2 saturated carbocycles. The molecule has 1 aromatic carbocycles. The van der Waals surface area contributed by atoms with Crippen LogP contribution in [0.15, 0.2) is 29.2 Å². The summed E-state index contributed by atoms with van der Waals surface area (Å²) in [4.78, 5) is 5.59. The third-order valence-electron chi connectivity index (χ3n) is 7.52. The Morgan fingerprint density at radius 1 is 0.893 bits per heavy atom. The molecule has 7 heteroatoms. The Kier molecular flexibility index (Phi) is 4.69. The van der Waals surface area contributed by atoms with Crippen LogP contribution in [0.25, 0.3) is 0 Å². The van der Waals surface area contributed by atoms with Gasteiger partial charge in [0.05, 0.1) is 5.10 Å². The molecule has 0 bridgehead atoms. The maximum Gasteiger partial charge on any atom is 0.363 e. The first-order valence-corrected chi connectivity index (χ1v) is 11.2. The first-order chi connectivity index (χ1) is 13.8. The fourth-order valence-electron chi connectivity index (χ4n) is 6.11. The summed E-state index contributed by atoms with van der Waals surface area (Å²) in [7, 11) is 0. The van der Waals surface area contributed by atoms with Gasteiger partial charge in [0.15, 0.2) is 0 Å². The molecule has 0 saturated heterocycles. The van der Waals surface area contributed by atoms with Crippen molar-refractivity contribution < 1.29 is 4.59 Å². The Labute approximate surface area is 167 Å². The fourth-order valence-corrected chi connectivity index (χ4v) is 6.11. The number of H-pyrrole nitrogens is 1. The zero-order valence-electron chi connectivity index (χ0n) is 16.9. The van der Waals surface area contributed by atoms with Gasteiger partial charge in [-0.25, -0.2) is 5.32 Å². The Hall–Kier alpha value is -2.18. The van der Waals surface area contributed by atoms with E-state index in [0.29, 0.717) is 11.6 Å². The second-order valence-corrected chi connectivity index (χ2v) is 9.16. The van der Waals surface area contributed by atoms with Gasteiger partial charge in [0.1, 0.15) is 11.0 Å². The van der Waals surface area contributed by atoms with Crippen LogP contribution >= 0.6 is 0 Å². The van der Waals surface area contributed by atoms with Gasteiger partial charge in [-0.05, 0) is 6.92 Å². The van der Waals surface area contributed by atoms with E-state index in [2.05, 4.69) is 56.6 Å². The maximum absolute atomic E-state index is 5.59. The van der Waals surface area contributed by atoms with Crippen molar-refractivity contribution in [1.29, 1.82) is 0 Å². The van der Waals surface area contributed by atoms with E-state index in [4.69, 9.17) is 4.90 Å². The molecule has 0 atom stereocenters. The molecule has 1 aromatic heterocycles. The van der Waals surface area contributed by atoms with Gasteiger partial charge in [-0.3, -0.25) is 0 Å². The van der Waals surface area contributed by atoms with Gasteiger partial charge in [0, 0.05) is 5.56 Å². The monoisotopic (exact) mass is 378 g/mol. The Morgan fingerprint density at radius 3 is 2.11 bits per heavy atom. The first-order valence-electron chi connectivity index (χ1n) is 11.2. The lowest BCUT2D eigenvalue weighted by Crippen LogP contribution is -2.73. The normalized spacial score (nSPS) is 23.0. The average Bonchev–Trinajstić information content (AvgIpc) is 3.24. The molecule has 0 radical (unpaired) electrons. The van der Waals surface area contributed by atoms with Crippen molar-refractivity contribution in [3.05, 3.63) is 35.4 Å². The van der Waals surface area contributed by atoms with Crippen molar-refractivity contribution in [3.63, 3.8) is 0 Å². The summed E-state index contributed by atoms with van der Waals surface area (Å²) in [5.74, 6) is 3.02. The van der Waals surface area contributed by atoms with E-state index in [1.165, 1.54) is 69.8 Å². The Bertz CT molecular complexity index is 828. The van der Waals surface area contributed by atoms with Crippen molar-refractivity contribution in [2.45, 2.75) is 82.8 Å². The van der Waals surface area contributed by atoms with E-state index in [9.17, 15) is 0 Å². The highest BCUT2D eigenvalue weighted by atomic mass is 15.6. The van der Waals surface area contributed by atoms with E-state index in [-0.39, 0.29) is 0 Å². The Morgan fingerprint density at radius 2 is 1.50 bits per heavy atom. The number of amidine groups is 1. The molecule has 2 heterocycles. The summed E-state index contributed by atoms with van der Waals surface area (Å²) in [5, 5.41) is 15.3. The predicted octanol–water partition coefficient (Wildman–Crippen LogP) is 4.23. The zero-order valence-corrected chi connectivity index (χ0v) is 16.9. The lowest BCUT2D eigenvalue weighted by Gasteiger charge is -2.51. The number of rotatable bonds is 3. The Balaban J connectivity index is 1.66. The van der Waals surface area contributed by atoms with E-state index < -0.39 is 6.42 Å². The number of aryl methyl sites for hydroxylation is 1. The number of aromatic nitrogens is 4. The highest BCUT2D eigenvalue weighted by Gasteiger charge is 2.50. The molecular formula is C21H31BN6. The average molecular weight is 378 g/mol. The van der Waals surface area contributed by atoms with Gasteiger partial charge in [-0.15, -0.1) is 16.8 Å². The second-order valence-electron chi connectivity index (χ2n) is 9.16. The molecule has 2 aliphatic carbocycles. The third kappa shape index (κ3) is 2.95. The van der Waals surface area contributed by atoms with Crippen LogP contribution in [-0.4, -0.2) is 27.8 Å². The van der Waals surface area contributed by atoms with Crippen LogP contribution in [0.3, 0.4) is 0 Å². The number of aromatic amines is 1. The number of nitrogens with zero attached hydrogens (tertiary/aromatic N) is 4. The van der Waals surface area contributed by atoms with Crippen molar-refractivity contribution in [1.82, 2.24) is 15.5 Å². The fraction of sp³-hybridized carbons (Fsp3) is 0.619. The number of nitrogens with one attached hydrogen (secondary N) is 2. The molecule has 6 nitrogen and oxygen atoms in total. The van der Waals surface area contributed by atoms with E-state index in [1.807, 2.05) is 0 Å². The molecule has 0 spiro atoms. The molecule has 1 aliphatic heterocycles. The minimum atomic E-state index is -1.17. The molecule has 2 aromatic rings. The van der Waals surface area contributed by atoms with Crippen LogP contribution in [0.1, 0.15) is 75.3 Å². The van der Waals surface area contributed by atoms with Crippen molar-refractivity contribution in [2.75, 3.05) is 5.32 Å². The van der Waals surface area contributed by atoms with Gasteiger partial charge in [0.2, 0.25) is 0 Å². The maximum atomic E-state index is 5.59. The summed E-state index contributed by atoms with van der Waals surface area (Å²) >= 11 is 0. The van der Waals surface area contributed by atoms with E-state index in [1.54, 1.807) is 0 Å². The molecule has 0 amide bonds. The number of hydrogen-bond acceptors (Lipinski definition) is 4. The first kappa shape index (κ1) is 17.9. The van der Waals surface area contributed by atoms with Crippen LogP contribution in [0, 0.1) is 6.92 Å². The summed E-state index contributed by atoms with van der Waals surface area (Å²) in [6.07, 6.45) is 11.9. The van der Waals surface area contributed by atoms with Crippen LogP contribution in [0.2, 0.25) is 11.6 Å². The summed E-state index contributed by atoms with van der Waals surface area (Å²) in [6.45, 7) is 2.13. The lowest BCUT2D eigenvalue weighted by atomic mass is 9.27. The van der Waals surface area contributed by atoms with Gasteiger partial charge in [-0.2, -0.15) is 0 Å². The summed E-state index contributed by atoms with van der Waals surface area (Å²) in [6, 6.07) is 8.70. The highest BCUT2D eigenvalue weighted by Crippen LogP contribution is 2.48. The number of tetrazole rings is 1. The number of anilines is 1. The zero-order chi connectivity index (χ0) is 19.0. The predicted molar refractivity (Wildman–Crippen MR) is 113 cm³/mol. The largest absolute Gasteiger partial charge is 0.436 e. The molecule has 0 unspecified atom stereocenters. The number of hydrogen-bond donors (Lipinski definition) is 2. The topological polar surface area (TPSA) is 69.8 Å². The molecule has 2 N–H and O–H groups in total. The highest BCUT2D eigenvalue weighted by molar-refractivity contribution is 6.75. The van der Waals surface area contributed by atoms with E-state index in [0.717, 1.165) is 17.3 Å². The summed E-state index contributed by atoms with van der Waals surface area (Å²) in [5.41, 5.74) is 2.42. The van der Waals surface area contributed by atoms with Crippen molar-refractivity contribution in [3.8, 4) is 0 Å². The van der Waals surface area contributed by atoms with Crippen molar-refractivity contribution >= 4 is 18.2 Å². The second kappa shape index (κ2) is 7.34. The van der Waals surface area contributed by atoms with Crippen LogP contribution in [-0.2, 0) is 0 Å². The molecule has 3 aliphatic rings. The lowest BCUT2D eigenvalue weighted by molar-refractivity contribution is -0.605. The third-order valence-corrected chi connectivity index (χ3v) is 7.52. The van der Waals surface area contributed by atoms with Crippen LogP contribution in [0.5, 0.6) is 0 Å². The smallest absolute Gasteiger partial charge is 0.363 e. The number of fused-ring (bicyclic) bond motifs is 1. The summed E-state index contributed by atoms with van der Waals surface area (Å²) < 4.78 is 2.24. The molecule has 148 valence electrons. The molecule has 5 rings (SSSR count). The van der Waals surface area contributed by atoms with Gasteiger partial charge >= 0.3 is 5.95 Å². The minimum Gasteiger partial charge on any atom is -0.436 e. The quantitative estimate of drug-likeness (QED) is 0.786. The van der Waals surface area contributed by atoms with Crippen LogP contribution in [0.4, 0.5) is 5.95 Å². The van der Waals surface area contributed by atoms with E-state index >= 15 is 0 Å². The SMILES string of the molecule is Cc1ccc(C2=N[B-](C3CCCCC3)(C3CCCCC3)[n+]3[nH]nnc3N2)cc1. The van der Waals surface area contributed by atoms with Crippen LogP contribution < -0.4 is 9.91 Å². The van der Waals surface area contributed by atoms with Gasteiger partial charge in [0.25, 0.3) is 6.42 Å². The van der Waals surface area contributed by atoms with Gasteiger partial charge in [-0.1, -0.05) is 94.0 Å². The van der Waals surface area contributed by atoms with Gasteiger partial charge < -0.3 is 9.50 Å². The number of benzene rings is 1. The molecular weight excluding hydrogens is 347 g/mol. The minimum absolute atomic E-state index is 0.602. The standard InChI is InChI=1S/C21H31BN6/c1-16-12-14-17(15-13-16)20-23-21-25-26-27-28(21)22(24-20,18-8-4-2-5-9-18)19-10-6-3-7-11-19/h12-15,18-19H,2-11H2,1H3,(H2,23,24,25,26,27). The van der Waals surface area contributed by atoms with Crippen molar-refractivity contribution in [2.24, 2.45) is 4.90 Å². The molecule has 2 fully saturated rings.